The molecule has 0 heterocycles. The molecule has 0 aromatic heterocycles. The van der Waals surface area contributed by atoms with Gasteiger partial charge in [0.25, 0.3) is 0 Å². The number of ether oxygens (including phenoxy) is 1. The third-order valence-corrected chi connectivity index (χ3v) is 1.56. The van der Waals surface area contributed by atoms with Crippen LogP contribution in [-0.4, -0.2) is 14.2 Å². The maximum absolute atomic E-state index is 5.16. The van der Waals surface area contributed by atoms with E-state index in [1.807, 2.05) is 52.9 Å². The Morgan fingerprint density at radius 1 is 1.06 bits per heavy atom. The molecule has 1 rings (SSSR count). The fourth-order valence-electron chi connectivity index (χ4n) is 1.04. The van der Waals surface area contributed by atoms with E-state index in [1.54, 1.807) is 7.11 Å². The summed E-state index contributed by atoms with van der Waals surface area (Å²) in [5, 5.41) is 3.08. The van der Waals surface area contributed by atoms with Crippen molar-refractivity contribution in [1.29, 1.82) is 0 Å². The predicted molar refractivity (Wildman–Crippen MR) is 79.7 cm³/mol. The first-order valence-electron chi connectivity index (χ1n) is 6.15. The average molecular weight is 239 g/mol. The average Bonchev–Trinajstić information content (AvgIpc) is 2.46. The van der Waals surface area contributed by atoms with Crippen molar-refractivity contribution in [3.63, 3.8) is 0 Å². The molecule has 0 unspecified atom stereocenters. The molecule has 1 aromatic rings. The molecular weight excluding hydrogens is 210 g/mol. The molecule has 0 atom stereocenters. The summed E-state index contributed by atoms with van der Waals surface area (Å²) in [5.41, 5.74) is 1.19. The number of methoxy groups -OCH3 is 1. The smallest absolute Gasteiger partial charge is 0.123 e. The quantitative estimate of drug-likeness (QED) is 0.795. The van der Waals surface area contributed by atoms with Gasteiger partial charge in [0, 0.05) is 12.1 Å². The summed E-state index contributed by atoms with van der Waals surface area (Å²) in [6, 6.07) is 8.00. The second-order valence-corrected chi connectivity index (χ2v) is 2.34. The molecule has 2 nitrogen and oxygen atoms in total. The van der Waals surface area contributed by atoms with Crippen LogP contribution in [0, 0.1) is 0 Å². The van der Waals surface area contributed by atoms with E-state index in [1.165, 1.54) is 5.56 Å². The van der Waals surface area contributed by atoms with Crippen LogP contribution in [0.5, 0.6) is 5.75 Å². The Labute approximate surface area is 108 Å². The lowest BCUT2D eigenvalue weighted by Gasteiger charge is -2.06. The lowest BCUT2D eigenvalue weighted by Crippen LogP contribution is -2.06. The van der Waals surface area contributed by atoms with Crippen LogP contribution in [0.15, 0.2) is 37.4 Å². The van der Waals surface area contributed by atoms with Crippen molar-refractivity contribution in [2.24, 2.45) is 0 Å². The standard InChI is InChI=1S/C9H13NO.2C2H6.C2H4/c1-10-7-8-5-3-4-6-9(8)11-2;3*1-2/h3-6,10H,7H2,1-2H3;2*1-2H3;1-2H2. The molecule has 0 amide bonds. The van der Waals surface area contributed by atoms with Crippen molar-refractivity contribution in [2.75, 3.05) is 14.2 Å². The molecule has 0 spiro atoms. The number of hydrogen-bond donors (Lipinski definition) is 1. The molecule has 0 saturated carbocycles. The zero-order valence-corrected chi connectivity index (χ0v) is 12.3. The Bertz CT molecular complexity index is 236. The summed E-state index contributed by atoms with van der Waals surface area (Å²) in [6.45, 7) is 14.9. The monoisotopic (exact) mass is 239 g/mol. The second-order valence-electron chi connectivity index (χ2n) is 2.34. The highest BCUT2D eigenvalue weighted by molar-refractivity contribution is 5.32. The molecule has 1 N–H and O–H groups in total. The molecule has 1 aromatic carbocycles. The summed E-state index contributed by atoms with van der Waals surface area (Å²) in [5.74, 6) is 0.946. The van der Waals surface area contributed by atoms with E-state index >= 15 is 0 Å². The first-order chi connectivity index (χ1) is 8.38. The van der Waals surface area contributed by atoms with Crippen LogP contribution in [0.4, 0.5) is 0 Å². The Morgan fingerprint density at radius 3 is 1.94 bits per heavy atom. The van der Waals surface area contributed by atoms with Gasteiger partial charge >= 0.3 is 0 Å². The Hall–Kier alpha value is -1.28. The maximum Gasteiger partial charge on any atom is 0.123 e. The minimum Gasteiger partial charge on any atom is -0.496 e. The molecule has 0 aliphatic rings. The first-order valence-corrected chi connectivity index (χ1v) is 6.15. The van der Waals surface area contributed by atoms with Gasteiger partial charge in [0.15, 0.2) is 0 Å². The summed E-state index contributed by atoms with van der Waals surface area (Å²) >= 11 is 0. The summed E-state index contributed by atoms with van der Waals surface area (Å²) in [6.07, 6.45) is 0. The van der Waals surface area contributed by atoms with Crippen LogP contribution in [0.2, 0.25) is 0 Å². The molecule has 0 bridgehead atoms. The number of para-hydroxylation sites is 1. The second kappa shape index (κ2) is 20.2. The van der Waals surface area contributed by atoms with Crippen molar-refractivity contribution in [3.8, 4) is 5.75 Å². The van der Waals surface area contributed by atoms with Crippen LogP contribution < -0.4 is 10.1 Å². The fraction of sp³-hybridized carbons (Fsp3) is 0.467. The van der Waals surface area contributed by atoms with Gasteiger partial charge in [-0.05, 0) is 13.1 Å². The first kappa shape index (κ1) is 21.1. The van der Waals surface area contributed by atoms with E-state index < -0.39 is 0 Å². The maximum atomic E-state index is 5.16. The van der Waals surface area contributed by atoms with Gasteiger partial charge < -0.3 is 10.1 Å². The van der Waals surface area contributed by atoms with Crippen LogP contribution in [0.1, 0.15) is 33.3 Å². The van der Waals surface area contributed by atoms with Crippen LogP contribution >= 0.6 is 0 Å². The van der Waals surface area contributed by atoms with E-state index in [4.69, 9.17) is 4.74 Å². The zero-order valence-electron chi connectivity index (χ0n) is 12.3. The molecule has 0 radical (unpaired) electrons. The van der Waals surface area contributed by atoms with Crippen molar-refractivity contribution >= 4 is 0 Å². The minimum absolute atomic E-state index is 0.851. The number of nitrogens with one attached hydrogen (secondary N) is 1. The van der Waals surface area contributed by atoms with Crippen molar-refractivity contribution in [1.82, 2.24) is 5.32 Å². The van der Waals surface area contributed by atoms with Gasteiger partial charge in [-0.1, -0.05) is 45.9 Å². The molecule has 100 valence electrons. The van der Waals surface area contributed by atoms with Gasteiger partial charge in [0.2, 0.25) is 0 Å². The molecule has 0 aliphatic carbocycles. The normalized spacial score (nSPS) is 7.18. The molecule has 0 aliphatic heterocycles. The third kappa shape index (κ3) is 11.0. The SMILES string of the molecule is C=C.CC.CC.CNCc1ccccc1OC. The number of rotatable bonds is 3. The fourth-order valence-corrected chi connectivity index (χ4v) is 1.04. The summed E-state index contributed by atoms with van der Waals surface area (Å²) in [4.78, 5) is 0. The van der Waals surface area contributed by atoms with Gasteiger partial charge in [0.1, 0.15) is 5.75 Å². The van der Waals surface area contributed by atoms with Gasteiger partial charge in [-0.15, -0.1) is 13.2 Å². The topological polar surface area (TPSA) is 21.3 Å². The van der Waals surface area contributed by atoms with Gasteiger partial charge in [0.05, 0.1) is 7.11 Å². The highest BCUT2D eigenvalue weighted by atomic mass is 16.5. The third-order valence-electron chi connectivity index (χ3n) is 1.56. The minimum atomic E-state index is 0.851. The molecule has 0 fully saturated rings. The highest BCUT2D eigenvalue weighted by Crippen LogP contribution is 2.16. The Morgan fingerprint density at radius 2 is 1.53 bits per heavy atom. The van der Waals surface area contributed by atoms with E-state index in [0.29, 0.717) is 0 Å². The summed E-state index contributed by atoms with van der Waals surface area (Å²) < 4.78 is 5.16. The Balaban J connectivity index is -0.000000285. The summed E-state index contributed by atoms with van der Waals surface area (Å²) in [7, 11) is 3.61. The molecule has 17 heavy (non-hydrogen) atoms. The van der Waals surface area contributed by atoms with Gasteiger partial charge in [-0.3, -0.25) is 0 Å². The van der Waals surface area contributed by atoms with Crippen molar-refractivity contribution in [3.05, 3.63) is 43.0 Å². The predicted octanol–water partition coefficient (Wildman–Crippen LogP) is 4.27. The molecule has 0 saturated heterocycles. The van der Waals surface area contributed by atoms with E-state index in [0.717, 1.165) is 12.3 Å². The van der Waals surface area contributed by atoms with Crippen molar-refractivity contribution in [2.45, 2.75) is 34.2 Å². The van der Waals surface area contributed by atoms with E-state index in [-0.39, 0.29) is 0 Å². The van der Waals surface area contributed by atoms with Gasteiger partial charge in [-0.2, -0.15) is 0 Å². The van der Waals surface area contributed by atoms with E-state index in [9.17, 15) is 0 Å². The van der Waals surface area contributed by atoms with Crippen LogP contribution in [0.3, 0.4) is 0 Å². The van der Waals surface area contributed by atoms with Crippen LogP contribution in [0.25, 0.3) is 0 Å². The Kier molecular flexibility index (Phi) is 25.0. The lowest BCUT2D eigenvalue weighted by molar-refractivity contribution is 0.408. The van der Waals surface area contributed by atoms with Crippen molar-refractivity contribution < 1.29 is 4.74 Å². The highest BCUT2D eigenvalue weighted by Gasteiger charge is 1.97. The number of hydrogen-bond acceptors (Lipinski definition) is 2. The number of benzene rings is 1. The molecular formula is C15H29NO. The lowest BCUT2D eigenvalue weighted by atomic mass is 10.2. The largest absolute Gasteiger partial charge is 0.496 e. The van der Waals surface area contributed by atoms with Gasteiger partial charge in [-0.25, -0.2) is 0 Å². The zero-order chi connectivity index (χ0) is 14.1. The van der Waals surface area contributed by atoms with E-state index in [2.05, 4.69) is 24.5 Å². The van der Waals surface area contributed by atoms with Crippen LogP contribution in [-0.2, 0) is 6.54 Å². The molecule has 2 heteroatoms.